The van der Waals surface area contributed by atoms with E-state index < -0.39 is 54.2 Å². The highest BCUT2D eigenvalue weighted by molar-refractivity contribution is 7.80. The first-order valence-corrected chi connectivity index (χ1v) is 7.41. The number of aliphatic carboxylic acids is 2. The molecule has 0 heterocycles. The van der Waals surface area contributed by atoms with Crippen LogP contribution in [-0.2, 0) is 24.0 Å². The van der Waals surface area contributed by atoms with Crippen molar-refractivity contribution in [2.45, 2.75) is 37.4 Å². The molecule has 0 unspecified atom stereocenters. The zero-order valence-corrected chi connectivity index (χ0v) is 13.5. The van der Waals surface area contributed by atoms with Gasteiger partial charge in [-0.2, -0.15) is 12.6 Å². The number of nitrogens with one attached hydrogen (secondary N) is 2. The van der Waals surface area contributed by atoms with Crippen molar-refractivity contribution in [1.82, 2.24) is 10.6 Å². The van der Waals surface area contributed by atoms with Crippen molar-refractivity contribution in [1.29, 1.82) is 0 Å². The van der Waals surface area contributed by atoms with E-state index in [1.54, 1.807) is 0 Å². The van der Waals surface area contributed by atoms with Crippen molar-refractivity contribution in [2.75, 3.05) is 5.75 Å². The van der Waals surface area contributed by atoms with E-state index in [0.29, 0.717) is 0 Å². The quantitative estimate of drug-likeness (QED) is 0.188. The second-order valence-electron chi connectivity index (χ2n) is 4.85. The first-order valence-electron chi connectivity index (χ1n) is 6.78. The summed E-state index contributed by atoms with van der Waals surface area (Å²) in [6, 6.07) is -4.01. The molecule has 0 aromatic heterocycles. The molecule has 0 rings (SSSR count). The molecular formula is C12H20N4O7S. The molecule has 0 aliphatic heterocycles. The molecule has 0 bridgehead atoms. The van der Waals surface area contributed by atoms with E-state index in [1.807, 2.05) is 0 Å². The van der Waals surface area contributed by atoms with Gasteiger partial charge in [0.05, 0.1) is 12.5 Å². The van der Waals surface area contributed by atoms with Gasteiger partial charge in [0.25, 0.3) is 0 Å². The number of carbonyl (C=O) groups is 5. The largest absolute Gasteiger partial charge is 0.481 e. The van der Waals surface area contributed by atoms with Crippen LogP contribution in [0.15, 0.2) is 0 Å². The Kier molecular flexibility index (Phi) is 9.42. The summed E-state index contributed by atoms with van der Waals surface area (Å²) in [5.74, 6) is -5.39. The van der Waals surface area contributed by atoms with Crippen LogP contribution in [0.2, 0.25) is 0 Å². The van der Waals surface area contributed by atoms with E-state index in [1.165, 1.54) is 0 Å². The highest BCUT2D eigenvalue weighted by Gasteiger charge is 2.28. The molecule has 0 aliphatic rings. The first kappa shape index (κ1) is 21.7. The highest BCUT2D eigenvalue weighted by atomic mass is 32.1. The standard InChI is InChI=1S/C12H20N4O7S/c13-5(3-9(18)19)10(20)15-6(1-2-8(14)17)11(21)16-7(4-24)12(22)23/h5-7,24H,1-4,13H2,(H2,14,17)(H,15,20)(H,16,21)(H,18,19)(H,22,23)/t5-,6-,7-/m0/s1. The third kappa shape index (κ3) is 8.33. The van der Waals surface area contributed by atoms with Gasteiger partial charge in [0.15, 0.2) is 0 Å². The molecule has 0 fully saturated rings. The molecule has 3 amide bonds. The zero-order chi connectivity index (χ0) is 18.9. The lowest BCUT2D eigenvalue weighted by Crippen LogP contribution is -2.55. The highest BCUT2D eigenvalue weighted by Crippen LogP contribution is 2.01. The van der Waals surface area contributed by atoms with Crippen molar-refractivity contribution in [3.05, 3.63) is 0 Å². The Labute approximate surface area is 142 Å². The lowest BCUT2D eigenvalue weighted by atomic mass is 10.1. The summed E-state index contributed by atoms with van der Waals surface area (Å²) < 4.78 is 0. The maximum absolute atomic E-state index is 12.1. The van der Waals surface area contributed by atoms with Gasteiger partial charge in [-0.1, -0.05) is 0 Å². The summed E-state index contributed by atoms with van der Waals surface area (Å²) in [4.78, 5) is 56.2. The maximum atomic E-state index is 12.1. The summed E-state index contributed by atoms with van der Waals surface area (Å²) in [7, 11) is 0. The molecule has 11 nitrogen and oxygen atoms in total. The van der Waals surface area contributed by atoms with Crippen LogP contribution in [0.5, 0.6) is 0 Å². The molecule has 0 aromatic rings. The Morgan fingerprint density at radius 1 is 1.00 bits per heavy atom. The second-order valence-corrected chi connectivity index (χ2v) is 5.22. The van der Waals surface area contributed by atoms with Gasteiger partial charge >= 0.3 is 11.9 Å². The summed E-state index contributed by atoms with van der Waals surface area (Å²) in [5, 5.41) is 21.8. The molecule has 0 aromatic carbocycles. The van der Waals surface area contributed by atoms with Crippen LogP contribution in [0.3, 0.4) is 0 Å². The predicted octanol–water partition coefficient (Wildman–Crippen LogP) is -2.96. The maximum Gasteiger partial charge on any atom is 0.327 e. The number of carboxylic acid groups (broad SMARTS) is 2. The Hall–Kier alpha value is -2.34. The number of primary amides is 1. The molecule has 8 N–H and O–H groups in total. The van der Waals surface area contributed by atoms with Gasteiger partial charge in [-0.3, -0.25) is 19.2 Å². The van der Waals surface area contributed by atoms with Crippen LogP contribution in [-0.4, -0.2) is 63.8 Å². The number of hydrogen-bond donors (Lipinski definition) is 7. The molecular weight excluding hydrogens is 344 g/mol. The Bertz CT molecular complexity index is 514. The molecule has 136 valence electrons. The smallest absolute Gasteiger partial charge is 0.327 e. The van der Waals surface area contributed by atoms with Crippen molar-refractivity contribution in [3.8, 4) is 0 Å². The van der Waals surface area contributed by atoms with Gasteiger partial charge in [-0.05, 0) is 6.42 Å². The topological polar surface area (TPSA) is 202 Å². The molecule has 24 heavy (non-hydrogen) atoms. The van der Waals surface area contributed by atoms with Gasteiger partial charge in [0.1, 0.15) is 12.1 Å². The Balaban J connectivity index is 4.98. The third-order valence-electron chi connectivity index (χ3n) is 2.84. The normalized spacial score (nSPS) is 14.1. The van der Waals surface area contributed by atoms with Crippen LogP contribution < -0.4 is 22.1 Å². The average molecular weight is 364 g/mol. The number of thiol groups is 1. The summed E-state index contributed by atoms with van der Waals surface area (Å²) in [6.07, 6.45) is -1.12. The van der Waals surface area contributed by atoms with Gasteiger partial charge in [-0.25, -0.2) is 4.79 Å². The van der Waals surface area contributed by atoms with Crippen molar-refractivity contribution in [3.63, 3.8) is 0 Å². The SMILES string of the molecule is NC(=O)CC[C@H](NC(=O)[C@@H](N)CC(=O)O)C(=O)N[C@@H](CS)C(=O)O. The van der Waals surface area contributed by atoms with Gasteiger partial charge < -0.3 is 32.3 Å². The second kappa shape index (κ2) is 10.4. The van der Waals surface area contributed by atoms with Crippen LogP contribution >= 0.6 is 12.6 Å². The minimum atomic E-state index is -1.41. The predicted molar refractivity (Wildman–Crippen MR) is 84.0 cm³/mol. The monoisotopic (exact) mass is 364 g/mol. The molecule has 0 radical (unpaired) electrons. The zero-order valence-electron chi connectivity index (χ0n) is 12.6. The molecule has 0 aliphatic carbocycles. The van der Waals surface area contributed by atoms with E-state index in [4.69, 9.17) is 21.7 Å². The fraction of sp³-hybridized carbons (Fsp3) is 0.583. The van der Waals surface area contributed by atoms with Crippen LogP contribution in [0, 0.1) is 0 Å². The molecule has 0 saturated carbocycles. The van der Waals surface area contributed by atoms with E-state index in [2.05, 4.69) is 23.3 Å². The van der Waals surface area contributed by atoms with E-state index in [9.17, 15) is 24.0 Å². The molecule has 12 heteroatoms. The van der Waals surface area contributed by atoms with E-state index in [-0.39, 0.29) is 18.6 Å². The van der Waals surface area contributed by atoms with E-state index >= 15 is 0 Å². The summed E-state index contributed by atoms with van der Waals surface area (Å²) >= 11 is 3.78. The third-order valence-corrected chi connectivity index (χ3v) is 3.21. The molecule has 3 atom stereocenters. The summed E-state index contributed by atoms with van der Waals surface area (Å²) in [6.45, 7) is 0. The average Bonchev–Trinajstić information content (AvgIpc) is 2.46. The fourth-order valence-electron chi connectivity index (χ4n) is 1.57. The van der Waals surface area contributed by atoms with Gasteiger partial charge in [0.2, 0.25) is 17.7 Å². The summed E-state index contributed by atoms with van der Waals surface area (Å²) in [5.41, 5.74) is 10.4. The van der Waals surface area contributed by atoms with Crippen molar-refractivity contribution < 1.29 is 34.2 Å². The lowest BCUT2D eigenvalue weighted by Gasteiger charge is -2.21. The van der Waals surface area contributed by atoms with Crippen LogP contribution in [0.1, 0.15) is 19.3 Å². The van der Waals surface area contributed by atoms with E-state index in [0.717, 1.165) is 0 Å². The Morgan fingerprint density at radius 2 is 1.54 bits per heavy atom. The number of carbonyl (C=O) groups excluding carboxylic acids is 3. The Morgan fingerprint density at radius 3 is 1.96 bits per heavy atom. The fourth-order valence-corrected chi connectivity index (χ4v) is 1.82. The van der Waals surface area contributed by atoms with Gasteiger partial charge in [0, 0.05) is 12.2 Å². The van der Waals surface area contributed by atoms with Crippen LogP contribution in [0.4, 0.5) is 0 Å². The first-order chi connectivity index (χ1) is 11.1. The number of amides is 3. The number of carboxylic acids is 2. The number of nitrogens with two attached hydrogens (primary N) is 2. The molecule has 0 saturated heterocycles. The van der Waals surface area contributed by atoms with Crippen molar-refractivity contribution >= 4 is 42.3 Å². The minimum absolute atomic E-state index is 0.198. The number of rotatable bonds is 11. The number of hydrogen-bond acceptors (Lipinski definition) is 7. The minimum Gasteiger partial charge on any atom is -0.481 e. The van der Waals surface area contributed by atoms with Crippen LogP contribution in [0.25, 0.3) is 0 Å². The lowest BCUT2D eigenvalue weighted by molar-refractivity contribution is -0.142. The van der Waals surface area contributed by atoms with Gasteiger partial charge in [-0.15, -0.1) is 0 Å². The van der Waals surface area contributed by atoms with Crippen molar-refractivity contribution in [2.24, 2.45) is 11.5 Å². The molecule has 0 spiro atoms.